The minimum absolute atomic E-state index is 0.0315. The molecule has 0 aromatic heterocycles. The van der Waals surface area contributed by atoms with Gasteiger partial charge in [-0.3, -0.25) is 0 Å². The molecule has 0 aromatic carbocycles. The van der Waals surface area contributed by atoms with Crippen LogP contribution in [0.15, 0.2) is 0 Å². The maximum absolute atomic E-state index is 6.26. The Bertz CT molecular complexity index is 158. The molecule has 0 aromatic rings. The van der Waals surface area contributed by atoms with E-state index in [0.29, 0.717) is 0 Å². The Kier molecular flexibility index (Phi) is 5.10. The molecule has 1 unspecified atom stereocenters. The number of rotatable bonds is 6. The van der Waals surface area contributed by atoms with Crippen molar-refractivity contribution in [1.82, 2.24) is 4.90 Å². The average molecular weight is 200 g/mol. The van der Waals surface area contributed by atoms with Gasteiger partial charge in [-0.25, -0.2) is 0 Å². The van der Waals surface area contributed by atoms with Crippen molar-refractivity contribution >= 4 is 0 Å². The molecule has 1 atom stereocenters. The molecule has 0 saturated heterocycles. The van der Waals surface area contributed by atoms with Gasteiger partial charge >= 0.3 is 0 Å². The minimum atomic E-state index is -0.0315. The molecule has 0 aliphatic rings. The lowest BCUT2D eigenvalue weighted by Crippen LogP contribution is -2.52. The summed E-state index contributed by atoms with van der Waals surface area (Å²) in [7, 11) is 4.33. The van der Waals surface area contributed by atoms with Gasteiger partial charge in [0.1, 0.15) is 0 Å². The summed E-state index contributed by atoms with van der Waals surface area (Å²) in [5, 5.41) is 0. The second-order valence-corrected chi connectivity index (χ2v) is 5.01. The van der Waals surface area contributed by atoms with Crippen LogP contribution in [0.5, 0.6) is 0 Å². The smallest absolute Gasteiger partial charge is 0.0215 e. The molecule has 0 aliphatic heterocycles. The Morgan fingerprint density at radius 3 is 1.64 bits per heavy atom. The van der Waals surface area contributed by atoms with Crippen molar-refractivity contribution in [3.8, 4) is 0 Å². The zero-order valence-corrected chi connectivity index (χ0v) is 10.9. The van der Waals surface area contributed by atoms with Gasteiger partial charge < -0.3 is 10.6 Å². The molecule has 0 fully saturated rings. The second kappa shape index (κ2) is 5.13. The van der Waals surface area contributed by atoms with E-state index in [2.05, 4.69) is 46.7 Å². The molecule has 0 heterocycles. The Morgan fingerprint density at radius 2 is 1.43 bits per heavy atom. The van der Waals surface area contributed by atoms with Crippen LogP contribution < -0.4 is 5.73 Å². The first kappa shape index (κ1) is 13.9. The summed E-state index contributed by atoms with van der Waals surface area (Å²) in [5.41, 5.74) is 6.51. The molecule has 2 N–H and O–H groups in total. The Labute approximate surface area is 89.9 Å². The van der Waals surface area contributed by atoms with E-state index in [1.54, 1.807) is 0 Å². The SMILES string of the molecule is CCC(C)(N)CC(CC)(CC)N(C)C. The molecule has 0 bridgehead atoms. The Balaban J connectivity index is 4.67. The van der Waals surface area contributed by atoms with E-state index in [4.69, 9.17) is 5.73 Å². The van der Waals surface area contributed by atoms with Crippen LogP contribution in [0.3, 0.4) is 0 Å². The van der Waals surface area contributed by atoms with Crippen LogP contribution in [0.2, 0.25) is 0 Å². The fraction of sp³-hybridized carbons (Fsp3) is 1.00. The third-order valence-electron chi connectivity index (χ3n) is 3.81. The first-order valence-corrected chi connectivity index (χ1v) is 5.80. The molecule has 0 radical (unpaired) electrons. The van der Waals surface area contributed by atoms with E-state index in [1.807, 2.05) is 0 Å². The summed E-state index contributed by atoms with van der Waals surface area (Å²) in [6.07, 6.45) is 4.46. The number of hydrogen-bond donors (Lipinski definition) is 1. The largest absolute Gasteiger partial charge is 0.325 e. The predicted molar refractivity (Wildman–Crippen MR) is 64.5 cm³/mol. The highest BCUT2D eigenvalue weighted by Crippen LogP contribution is 2.31. The van der Waals surface area contributed by atoms with Crippen molar-refractivity contribution in [3.63, 3.8) is 0 Å². The van der Waals surface area contributed by atoms with Gasteiger partial charge in [-0.05, 0) is 46.7 Å². The number of hydrogen-bond acceptors (Lipinski definition) is 2. The van der Waals surface area contributed by atoms with Gasteiger partial charge in [0.15, 0.2) is 0 Å². The molecule has 2 nitrogen and oxygen atoms in total. The van der Waals surface area contributed by atoms with Crippen molar-refractivity contribution in [2.24, 2.45) is 5.73 Å². The molecule has 0 spiro atoms. The van der Waals surface area contributed by atoms with Crippen LogP contribution in [0.4, 0.5) is 0 Å². The van der Waals surface area contributed by atoms with E-state index in [-0.39, 0.29) is 11.1 Å². The first-order chi connectivity index (χ1) is 6.33. The van der Waals surface area contributed by atoms with Crippen LogP contribution >= 0.6 is 0 Å². The quantitative estimate of drug-likeness (QED) is 0.714. The third-order valence-corrected chi connectivity index (χ3v) is 3.81. The van der Waals surface area contributed by atoms with Crippen LogP contribution in [0.25, 0.3) is 0 Å². The average Bonchev–Trinajstić information content (AvgIpc) is 2.14. The first-order valence-electron chi connectivity index (χ1n) is 5.80. The van der Waals surface area contributed by atoms with Crippen LogP contribution in [-0.4, -0.2) is 30.1 Å². The molecular formula is C12H28N2. The van der Waals surface area contributed by atoms with Gasteiger partial charge in [0, 0.05) is 11.1 Å². The molecule has 2 heteroatoms. The summed E-state index contributed by atoms with van der Waals surface area (Å²) < 4.78 is 0. The maximum Gasteiger partial charge on any atom is 0.0215 e. The van der Waals surface area contributed by atoms with Gasteiger partial charge in [0.2, 0.25) is 0 Å². The molecule has 0 saturated carbocycles. The zero-order valence-electron chi connectivity index (χ0n) is 10.9. The van der Waals surface area contributed by atoms with Gasteiger partial charge in [0.05, 0.1) is 0 Å². The monoisotopic (exact) mass is 200 g/mol. The molecule has 0 rings (SSSR count). The van der Waals surface area contributed by atoms with E-state index >= 15 is 0 Å². The number of nitrogens with two attached hydrogens (primary N) is 1. The predicted octanol–water partition coefficient (Wildman–Crippen LogP) is 2.62. The highest BCUT2D eigenvalue weighted by atomic mass is 15.1. The fourth-order valence-electron chi connectivity index (χ4n) is 2.17. The molecule has 86 valence electrons. The summed E-state index contributed by atoms with van der Waals surface area (Å²) in [6.45, 7) is 8.85. The Hall–Kier alpha value is -0.0800. The standard InChI is InChI=1S/C12H28N2/c1-7-11(4,13)10-12(8-2,9-3)14(5)6/h7-10,13H2,1-6H3. The van der Waals surface area contributed by atoms with E-state index < -0.39 is 0 Å². The summed E-state index contributed by atoms with van der Waals surface area (Å²) in [5.74, 6) is 0. The zero-order chi connectivity index (χ0) is 11.4. The lowest BCUT2D eigenvalue weighted by Gasteiger charge is -2.43. The third kappa shape index (κ3) is 3.25. The van der Waals surface area contributed by atoms with Crippen LogP contribution in [0, 0.1) is 0 Å². The van der Waals surface area contributed by atoms with Crippen molar-refractivity contribution < 1.29 is 0 Å². The minimum Gasteiger partial charge on any atom is -0.325 e. The molecule has 0 amide bonds. The van der Waals surface area contributed by atoms with Crippen molar-refractivity contribution in [2.75, 3.05) is 14.1 Å². The highest BCUT2D eigenvalue weighted by molar-refractivity contribution is 4.94. The van der Waals surface area contributed by atoms with E-state index in [0.717, 1.165) is 12.8 Å². The normalized spacial score (nSPS) is 17.1. The van der Waals surface area contributed by atoms with E-state index in [9.17, 15) is 0 Å². The Morgan fingerprint density at radius 1 is 1.00 bits per heavy atom. The van der Waals surface area contributed by atoms with Crippen LogP contribution in [-0.2, 0) is 0 Å². The van der Waals surface area contributed by atoms with Gasteiger partial charge in [0.25, 0.3) is 0 Å². The van der Waals surface area contributed by atoms with Crippen molar-refractivity contribution in [2.45, 2.75) is 64.5 Å². The number of nitrogens with zero attached hydrogens (tertiary/aromatic N) is 1. The lowest BCUT2D eigenvalue weighted by atomic mass is 9.78. The molecule has 0 aliphatic carbocycles. The van der Waals surface area contributed by atoms with Crippen molar-refractivity contribution in [3.05, 3.63) is 0 Å². The van der Waals surface area contributed by atoms with Gasteiger partial charge in [-0.1, -0.05) is 20.8 Å². The summed E-state index contributed by atoms with van der Waals surface area (Å²) in [4.78, 5) is 2.34. The molecular weight excluding hydrogens is 172 g/mol. The molecule has 14 heavy (non-hydrogen) atoms. The topological polar surface area (TPSA) is 29.3 Å². The second-order valence-electron chi connectivity index (χ2n) is 5.01. The van der Waals surface area contributed by atoms with Gasteiger partial charge in [-0.2, -0.15) is 0 Å². The van der Waals surface area contributed by atoms with Crippen molar-refractivity contribution in [1.29, 1.82) is 0 Å². The van der Waals surface area contributed by atoms with Crippen LogP contribution in [0.1, 0.15) is 53.4 Å². The summed E-state index contributed by atoms with van der Waals surface area (Å²) in [6, 6.07) is 0. The lowest BCUT2D eigenvalue weighted by molar-refractivity contribution is 0.0974. The van der Waals surface area contributed by atoms with E-state index in [1.165, 1.54) is 12.8 Å². The fourth-order valence-corrected chi connectivity index (χ4v) is 2.17. The summed E-state index contributed by atoms with van der Waals surface area (Å²) >= 11 is 0. The maximum atomic E-state index is 6.26. The highest BCUT2D eigenvalue weighted by Gasteiger charge is 2.34. The van der Waals surface area contributed by atoms with Gasteiger partial charge in [-0.15, -0.1) is 0 Å².